The van der Waals surface area contributed by atoms with Crippen LogP contribution in [0.1, 0.15) is 34.5 Å². The molecule has 1 atom stereocenters. The Bertz CT molecular complexity index is 1400. The summed E-state index contributed by atoms with van der Waals surface area (Å²) in [5, 5.41) is 13.5. The number of hydrogen-bond acceptors (Lipinski definition) is 7. The number of aromatic nitrogens is 7. The summed E-state index contributed by atoms with van der Waals surface area (Å²) >= 11 is 0. The lowest BCUT2D eigenvalue weighted by atomic mass is 10.0. The standard InChI is InChI=1S/C22H20N8O/c1-13-5-3-8-17(25-13)21-26-27-22(31-21)29-10-9-16-19(24-12-23-16)20(29)18-11-15-7-4-6-14(2)30(15)28-18/h3-8,11-12,20H,9-10H2,1-2H3,(H,23,24)/t20-/m1/s1. The van der Waals surface area contributed by atoms with Crippen LogP contribution in [0.5, 0.6) is 0 Å². The molecular weight excluding hydrogens is 392 g/mol. The number of H-pyrrole nitrogens is 1. The fraction of sp³-hybridized carbons (Fsp3) is 0.227. The number of pyridine rings is 2. The van der Waals surface area contributed by atoms with Crippen molar-refractivity contribution in [3.63, 3.8) is 0 Å². The molecule has 6 rings (SSSR count). The summed E-state index contributed by atoms with van der Waals surface area (Å²) in [6.07, 6.45) is 2.54. The van der Waals surface area contributed by atoms with Crippen LogP contribution in [0.15, 0.2) is 53.2 Å². The molecule has 9 nitrogen and oxygen atoms in total. The smallest absolute Gasteiger partial charge is 0.319 e. The predicted molar refractivity (Wildman–Crippen MR) is 114 cm³/mol. The molecule has 0 fully saturated rings. The molecule has 0 unspecified atom stereocenters. The fourth-order valence-corrected chi connectivity index (χ4v) is 4.19. The molecule has 9 heteroatoms. The molecule has 0 radical (unpaired) electrons. The summed E-state index contributed by atoms with van der Waals surface area (Å²) in [5.74, 6) is 0.399. The highest BCUT2D eigenvalue weighted by atomic mass is 16.4. The Balaban J connectivity index is 1.45. The molecule has 0 saturated carbocycles. The van der Waals surface area contributed by atoms with Gasteiger partial charge in [0.2, 0.25) is 0 Å². The first-order valence-electron chi connectivity index (χ1n) is 10.2. The van der Waals surface area contributed by atoms with Crippen LogP contribution in [-0.2, 0) is 6.42 Å². The summed E-state index contributed by atoms with van der Waals surface area (Å²) in [5.41, 5.74) is 6.59. The lowest BCUT2D eigenvalue weighted by Gasteiger charge is -2.32. The quantitative estimate of drug-likeness (QED) is 0.485. The molecule has 6 heterocycles. The van der Waals surface area contributed by atoms with E-state index in [0.29, 0.717) is 24.1 Å². The van der Waals surface area contributed by atoms with Gasteiger partial charge in [0, 0.05) is 30.0 Å². The van der Waals surface area contributed by atoms with E-state index >= 15 is 0 Å². The van der Waals surface area contributed by atoms with Gasteiger partial charge in [0.05, 0.1) is 23.2 Å². The maximum Gasteiger partial charge on any atom is 0.319 e. The number of aryl methyl sites for hydroxylation is 2. The first-order chi connectivity index (χ1) is 15.2. The van der Waals surface area contributed by atoms with Gasteiger partial charge in [-0.15, -0.1) is 5.10 Å². The molecule has 1 N–H and O–H groups in total. The summed E-state index contributed by atoms with van der Waals surface area (Å²) in [6, 6.07) is 14.2. The van der Waals surface area contributed by atoms with Crippen molar-refractivity contribution in [1.82, 2.24) is 34.8 Å². The number of imidazole rings is 1. The van der Waals surface area contributed by atoms with E-state index in [-0.39, 0.29) is 6.04 Å². The average molecular weight is 412 g/mol. The Hall–Kier alpha value is -4.01. The maximum absolute atomic E-state index is 6.07. The Morgan fingerprint density at radius 3 is 2.87 bits per heavy atom. The monoisotopic (exact) mass is 412 g/mol. The van der Waals surface area contributed by atoms with Crippen molar-refractivity contribution >= 4 is 11.5 Å². The van der Waals surface area contributed by atoms with Crippen LogP contribution in [-0.4, -0.2) is 41.3 Å². The van der Waals surface area contributed by atoms with E-state index in [4.69, 9.17) is 9.52 Å². The SMILES string of the molecule is Cc1cccc(-c2nnc(N3CCc4[nH]cnc4[C@H]3c3cc4cccc(C)n4n3)o2)n1. The Kier molecular flexibility index (Phi) is 3.89. The molecule has 0 aromatic carbocycles. The molecule has 1 aliphatic rings. The van der Waals surface area contributed by atoms with Crippen LogP contribution < -0.4 is 4.90 Å². The lowest BCUT2D eigenvalue weighted by molar-refractivity contribution is 0.502. The largest absolute Gasteiger partial charge is 0.402 e. The summed E-state index contributed by atoms with van der Waals surface area (Å²) in [4.78, 5) is 14.4. The number of aromatic amines is 1. The topological polar surface area (TPSA) is 101 Å². The molecule has 1 aliphatic heterocycles. The third-order valence-corrected chi connectivity index (χ3v) is 5.67. The molecule has 0 saturated heterocycles. The van der Waals surface area contributed by atoms with Gasteiger partial charge >= 0.3 is 6.01 Å². The van der Waals surface area contributed by atoms with Crippen LogP contribution in [0.2, 0.25) is 0 Å². The zero-order chi connectivity index (χ0) is 20.9. The van der Waals surface area contributed by atoms with E-state index in [1.165, 1.54) is 0 Å². The number of hydrogen-bond donors (Lipinski definition) is 1. The summed E-state index contributed by atoms with van der Waals surface area (Å²) in [7, 11) is 0. The molecule has 0 spiro atoms. The molecule has 31 heavy (non-hydrogen) atoms. The van der Waals surface area contributed by atoms with Gasteiger partial charge in [-0.1, -0.05) is 17.2 Å². The van der Waals surface area contributed by atoms with Crippen molar-refractivity contribution in [2.45, 2.75) is 26.3 Å². The minimum absolute atomic E-state index is 0.229. The van der Waals surface area contributed by atoms with Crippen LogP contribution in [0.4, 0.5) is 6.01 Å². The molecule has 0 bridgehead atoms. The van der Waals surface area contributed by atoms with E-state index in [0.717, 1.165) is 40.4 Å². The summed E-state index contributed by atoms with van der Waals surface area (Å²) < 4.78 is 8.02. The predicted octanol–water partition coefficient (Wildman–Crippen LogP) is 3.27. The molecular formula is C22H20N8O. The first kappa shape index (κ1) is 17.8. The van der Waals surface area contributed by atoms with Crippen molar-refractivity contribution < 1.29 is 4.42 Å². The third-order valence-electron chi connectivity index (χ3n) is 5.67. The zero-order valence-electron chi connectivity index (χ0n) is 17.1. The van der Waals surface area contributed by atoms with Crippen molar-refractivity contribution in [2.24, 2.45) is 0 Å². The van der Waals surface area contributed by atoms with Crippen molar-refractivity contribution in [3.8, 4) is 11.6 Å². The number of anilines is 1. The van der Waals surface area contributed by atoms with E-state index in [9.17, 15) is 0 Å². The van der Waals surface area contributed by atoms with Crippen LogP contribution in [0, 0.1) is 13.8 Å². The second-order valence-corrected chi connectivity index (χ2v) is 7.74. The Labute approximate surface area is 177 Å². The average Bonchev–Trinajstić information content (AvgIpc) is 3.52. The normalized spacial score (nSPS) is 16.1. The van der Waals surface area contributed by atoms with Gasteiger partial charge in [0.1, 0.15) is 11.7 Å². The van der Waals surface area contributed by atoms with Crippen LogP contribution in [0.25, 0.3) is 17.1 Å². The molecule has 0 aliphatic carbocycles. The minimum Gasteiger partial charge on any atom is -0.402 e. The fourth-order valence-electron chi connectivity index (χ4n) is 4.19. The number of nitrogens with one attached hydrogen (secondary N) is 1. The van der Waals surface area contributed by atoms with Crippen molar-refractivity contribution in [1.29, 1.82) is 0 Å². The van der Waals surface area contributed by atoms with E-state index in [2.05, 4.69) is 42.2 Å². The Morgan fingerprint density at radius 1 is 1.10 bits per heavy atom. The van der Waals surface area contributed by atoms with Gasteiger partial charge in [-0.25, -0.2) is 14.5 Å². The minimum atomic E-state index is -0.229. The van der Waals surface area contributed by atoms with Crippen LogP contribution >= 0.6 is 0 Å². The van der Waals surface area contributed by atoms with Crippen LogP contribution in [0.3, 0.4) is 0 Å². The van der Waals surface area contributed by atoms with Gasteiger partial charge in [-0.05, 0) is 44.2 Å². The van der Waals surface area contributed by atoms with Gasteiger partial charge in [-0.2, -0.15) is 5.10 Å². The number of rotatable bonds is 3. The molecule has 154 valence electrons. The second kappa shape index (κ2) is 6.76. The lowest BCUT2D eigenvalue weighted by Crippen LogP contribution is -2.37. The second-order valence-electron chi connectivity index (χ2n) is 7.74. The van der Waals surface area contributed by atoms with Gasteiger partial charge in [-0.3, -0.25) is 0 Å². The van der Waals surface area contributed by atoms with Crippen molar-refractivity contribution in [3.05, 3.63) is 77.3 Å². The van der Waals surface area contributed by atoms with E-state index in [1.807, 2.05) is 48.7 Å². The molecule has 5 aromatic rings. The molecule has 0 amide bonds. The van der Waals surface area contributed by atoms with Gasteiger partial charge < -0.3 is 14.3 Å². The highest BCUT2D eigenvalue weighted by molar-refractivity contribution is 5.54. The maximum atomic E-state index is 6.07. The molecule has 5 aromatic heterocycles. The third kappa shape index (κ3) is 2.89. The summed E-state index contributed by atoms with van der Waals surface area (Å²) in [6.45, 7) is 4.68. The van der Waals surface area contributed by atoms with Gasteiger partial charge in [0.15, 0.2) is 0 Å². The number of nitrogens with zero attached hydrogens (tertiary/aromatic N) is 7. The van der Waals surface area contributed by atoms with E-state index < -0.39 is 0 Å². The number of fused-ring (bicyclic) bond motifs is 2. The zero-order valence-corrected chi connectivity index (χ0v) is 17.1. The highest BCUT2D eigenvalue weighted by Gasteiger charge is 2.36. The van der Waals surface area contributed by atoms with E-state index in [1.54, 1.807) is 6.33 Å². The van der Waals surface area contributed by atoms with Gasteiger partial charge in [0.25, 0.3) is 5.89 Å². The first-order valence-corrected chi connectivity index (χ1v) is 10.2. The Morgan fingerprint density at radius 2 is 2.00 bits per heavy atom. The highest BCUT2D eigenvalue weighted by Crippen LogP contribution is 2.37. The van der Waals surface area contributed by atoms with Crippen molar-refractivity contribution in [2.75, 3.05) is 11.4 Å².